The van der Waals surface area contributed by atoms with E-state index in [1.165, 1.54) is 19.2 Å². The van der Waals surface area contributed by atoms with Gasteiger partial charge in [-0.3, -0.25) is 14.9 Å². The highest BCUT2D eigenvalue weighted by molar-refractivity contribution is 5.81. The molecule has 0 aliphatic carbocycles. The first-order chi connectivity index (χ1) is 8.54. The Morgan fingerprint density at radius 1 is 1.61 bits per heavy atom. The van der Waals surface area contributed by atoms with Gasteiger partial charge in [-0.25, -0.2) is 0 Å². The maximum atomic E-state index is 11.5. The van der Waals surface area contributed by atoms with Gasteiger partial charge in [0, 0.05) is 25.8 Å². The van der Waals surface area contributed by atoms with E-state index in [0.717, 1.165) is 0 Å². The predicted molar refractivity (Wildman–Crippen MR) is 64.8 cm³/mol. The second kappa shape index (κ2) is 6.67. The third kappa shape index (κ3) is 4.11. The zero-order valence-corrected chi connectivity index (χ0v) is 9.96. The van der Waals surface area contributed by atoms with Crippen molar-refractivity contribution in [3.63, 3.8) is 0 Å². The van der Waals surface area contributed by atoms with Crippen molar-refractivity contribution >= 4 is 11.6 Å². The van der Waals surface area contributed by atoms with Crippen molar-refractivity contribution in [3.8, 4) is 0 Å². The normalized spacial score (nSPS) is 11.9. The molecule has 7 heteroatoms. The van der Waals surface area contributed by atoms with E-state index in [-0.39, 0.29) is 24.7 Å². The molecule has 18 heavy (non-hydrogen) atoms. The van der Waals surface area contributed by atoms with Crippen molar-refractivity contribution in [2.45, 2.75) is 12.6 Å². The summed E-state index contributed by atoms with van der Waals surface area (Å²) in [6, 6.07) is 5.31. The number of non-ortho nitro benzene ring substituents is 1. The SMILES string of the molecule is COCC(N)C(=O)NCc1cccc([N+](=O)[O-])c1. The fraction of sp³-hybridized carbons (Fsp3) is 0.364. The summed E-state index contributed by atoms with van der Waals surface area (Å²) in [5.74, 6) is -0.358. The van der Waals surface area contributed by atoms with Crippen molar-refractivity contribution in [1.29, 1.82) is 0 Å². The Kier molecular flexibility index (Phi) is 5.22. The van der Waals surface area contributed by atoms with Crippen LogP contribution in [0.5, 0.6) is 0 Å². The van der Waals surface area contributed by atoms with E-state index in [1.54, 1.807) is 12.1 Å². The maximum absolute atomic E-state index is 11.5. The Morgan fingerprint density at radius 3 is 2.94 bits per heavy atom. The summed E-state index contributed by atoms with van der Waals surface area (Å²) in [4.78, 5) is 21.6. The van der Waals surface area contributed by atoms with E-state index in [1.807, 2.05) is 0 Å². The second-order valence-corrected chi connectivity index (χ2v) is 3.71. The van der Waals surface area contributed by atoms with Gasteiger partial charge < -0.3 is 15.8 Å². The van der Waals surface area contributed by atoms with Gasteiger partial charge in [0.25, 0.3) is 5.69 Å². The van der Waals surface area contributed by atoms with Crippen LogP contribution in [0.3, 0.4) is 0 Å². The number of hydrogen-bond acceptors (Lipinski definition) is 5. The zero-order chi connectivity index (χ0) is 13.5. The summed E-state index contributed by atoms with van der Waals surface area (Å²) in [5, 5.41) is 13.1. The minimum absolute atomic E-state index is 0.0112. The number of nitrogens with zero attached hydrogens (tertiary/aromatic N) is 1. The fourth-order valence-electron chi connectivity index (χ4n) is 1.36. The topological polar surface area (TPSA) is 107 Å². The first kappa shape index (κ1) is 14.1. The van der Waals surface area contributed by atoms with Crippen LogP contribution in [0.4, 0.5) is 5.69 Å². The molecule has 3 N–H and O–H groups in total. The molecule has 0 bridgehead atoms. The highest BCUT2D eigenvalue weighted by Crippen LogP contribution is 2.12. The van der Waals surface area contributed by atoms with Crippen molar-refractivity contribution in [3.05, 3.63) is 39.9 Å². The standard InChI is InChI=1S/C11H15N3O4/c1-18-7-10(12)11(15)13-6-8-3-2-4-9(5-8)14(16)17/h2-5,10H,6-7,12H2,1H3,(H,13,15). The Labute approximate surface area is 104 Å². The van der Waals surface area contributed by atoms with Crippen molar-refractivity contribution < 1.29 is 14.5 Å². The number of nitro benzene ring substituents is 1. The third-order valence-electron chi connectivity index (χ3n) is 2.27. The van der Waals surface area contributed by atoms with Crippen LogP contribution in [-0.2, 0) is 16.1 Å². The second-order valence-electron chi connectivity index (χ2n) is 3.71. The lowest BCUT2D eigenvalue weighted by molar-refractivity contribution is -0.384. The first-order valence-corrected chi connectivity index (χ1v) is 5.30. The van der Waals surface area contributed by atoms with Crippen LogP contribution < -0.4 is 11.1 Å². The highest BCUT2D eigenvalue weighted by atomic mass is 16.6. The van der Waals surface area contributed by atoms with E-state index in [4.69, 9.17) is 10.5 Å². The number of rotatable bonds is 6. The number of ether oxygens (including phenoxy) is 1. The molecule has 0 aliphatic rings. The van der Waals surface area contributed by atoms with Crippen LogP contribution in [-0.4, -0.2) is 30.6 Å². The lowest BCUT2D eigenvalue weighted by Gasteiger charge is -2.11. The van der Waals surface area contributed by atoms with Crippen LogP contribution >= 0.6 is 0 Å². The third-order valence-corrected chi connectivity index (χ3v) is 2.27. The number of nitrogens with one attached hydrogen (secondary N) is 1. The number of nitro groups is 1. The molecule has 0 heterocycles. The van der Waals surface area contributed by atoms with Crippen LogP contribution in [0, 0.1) is 10.1 Å². The molecule has 1 unspecified atom stereocenters. The number of carbonyl (C=O) groups is 1. The molecule has 98 valence electrons. The van der Waals surface area contributed by atoms with Gasteiger partial charge in [-0.2, -0.15) is 0 Å². The van der Waals surface area contributed by atoms with Crippen LogP contribution in [0.15, 0.2) is 24.3 Å². The monoisotopic (exact) mass is 253 g/mol. The molecule has 1 atom stereocenters. The highest BCUT2D eigenvalue weighted by Gasteiger charge is 2.13. The van der Waals surface area contributed by atoms with Gasteiger partial charge in [-0.1, -0.05) is 12.1 Å². The molecule has 1 amide bonds. The minimum Gasteiger partial charge on any atom is -0.383 e. The molecule has 1 aromatic carbocycles. The Bertz CT molecular complexity index is 436. The van der Waals surface area contributed by atoms with Gasteiger partial charge in [0.2, 0.25) is 5.91 Å². The summed E-state index contributed by atoms with van der Waals surface area (Å²) in [6.07, 6.45) is 0. The maximum Gasteiger partial charge on any atom is 0.269 e. The molecule has 0 radical (unpaired) electrons. The molecule has 0 aliphatic heterocycles. The van der Waals surface area contributed by atoms with Crippen LogP contribution in [0.25, 0.3) is 0 Å². The van der Waals surface area contributed by atoms with Gasteiger partial charge >= 0.3 is 0 Å². The van der Waals surface area contributed by atoms with E-state index in [2.05, 4.69) is 5.32 Å². The number of benzene rings is 1. The first-order valence-electron chi connectivity index (χ1n) is 5.30. The Morgan fingerprint density at radius 2 is 2.33 bits per heavy atom. The summed E-state index contributed by atoms with van der Waals surface area (Å²) in [6.45, 7) is 0.318. The molecule has 0 saturated carbocycles. The molecule has 0 saturated heterocycles. The van der Waals surface area contributed by atoms with Crippen molar-refractivity contribution in [2.75, 3.05) is 13.7 Å². The zero-order valence-electron chi connectivity index (χ0n) is 9.96. The largest absolute Gasteiger partial charge is 0.383 e. The van der Waals surface area contributed by atoms with Crippen LogP contribution in [0.2, 0.25) is 0 Å². The molecule has 7 nitrogen and oxygen atoms in total. The van der Waals surface area contributed by atoms with Gasteiger partial charge in [-0.05, 0) is 5.56 Å². The average Bonchev–Trinajstić information content (AvgIpc) is 2.36. The Hall–Kier alpha value is -1.99. The lowest BCUT2D eigenvalue weighted by Crippen LogP contribution is -2.43. The van der Waals surface area contributed by atoms with Crippen molar-refractivity contribution in [2.24, 2.45) is 5.73 Å². The van der Waals surface area contributed by atoms with Gasteiger partial charge in [-0.15, -0.1) is 0 Å². The summed E-state index contributed by atoms with van der Waals surface area (Å²) < 4.78 is 4.75. The van der Waals surface area contributed by atoms with E-state index >= 15 is 0 Å². The Balaban J connectivity index is 2.55. The van der Waals surface area contributed by atoms with Crippen molar-refractivity contribution in [1.82, 2.24) is 5.32 Å². The average molecular weight is 253 g/mol. The summed E-state index contributed by atoms with van der Waals surface area (Å²) in [7, 11) is 1.45. The molecular formula is C11H15N3O4. The molecule has 0 fully saturated rings. The van der Waals surface area contributed by atoms with Gasteiger partial charge in [0.1, 0.15) is 6.04 Å². The van der Waals surface area contributed by atoms with Crippen LogP contribution in [0.1, 0.15) is 5.56 Å². The molecular weight excluding hydrogens is 238 g/mol. The summed E-state index contributed by atoms with van der Waals surface area (Å²) >= 11 is 0. The number of amides is 1. The molecule has 1 aromatic rings. The molecule has 0 spiro atoms. The van der Waals surface area contributed by atoms with E-state index in [9.17, 15) is 14.9 Å². The number of carbonyl (C=O) groups excluding carboxylic acids is 1. The van der Waals surface area contributed by atoms with Gasteiger partial charge in [0.15, 0.2) is 0 Å². The smallest absolute Gasteiger partial charge is 0.269 e. The number of hydrogen-bond donors (Lipinski definition) is 2. The minimum atomic E-state index is -0.742. The van der Waals surface area contributed by atoms with Gasteiger partial charge in [0.05, 0.1) is 11.5 Å². The quantitative estimate of drug-likeness (QED) is 0.555. The van der Waals surface area contributed by atoms with E-state index < -0.39 is 11.0 Å². The number of methoxy groups -OCH3 is 1. The predicted octanol–water partition coefficient (Wildman–Crippen LogP) is 0.185. The van der Waals surface area contributed by atoms with E-state index in [0.29, 0.717) is 5.56 Å². The molecule has 0 aromatic heterocycles. The fourth-order valence-corrected chi connectivity index (χ4v) is 1.36. The number of nitrogens with two attached hydrogens (primary N) is 1. The summed E-state index contributed by atoms with van der Waals surface area (Å²) in [5.41, 5.74) is 6.15. The lowest BCUT2D eigenvalue weighted by atomic mass is 10.2. The molecule has 1 rings (SSSR count).